The fourth-order valence-electron chi connectivity index (χ4n) is 2.37. The van der Waals surface area contributed by atoms with Gasteiger partial charge in [0.25, 0.3) is 5.72 Å². The highest BCUT2D eigenvalue weighted by Gasteiger charge is 2.54. The number of phosphoric ester groups is 1. The normalized spacial score (nSPS) is 26.0. The minimum Gasteiger partial charge on any atom is -0.330 e. The van der Waals surface area contributed by atoms with E-state index in [-0.39, 0.29) is 18.2 Å². The number of rotatable bonds is 12. The van der Waals surface area contributed by atoms with Gasteiger partial charge in [-0.05, 0) is 19.4 Å². The second-order valence-corrected chi connectivity index (χ2v) is 10.2. The predicted octanol–water partition coefficient (Wildman–Crippen LogP) is 0.0155. The van der Waals surface area contributed by atoms with Crippen molar-refractivity contribution in [3.63, 3.8) is 0 Å². The molecule has 0 saturated heterocycles. The molecule has 0 radical (unpaired) electrons. The van der Waals surface area contributed by atoms with Gasteiger partial charge in [0.05, 0.1) is 6.34 Å². The Morgan fingerprint density at radius 1 is 1.07 bits per heavy atom. The molecule has 3 unspecified atom stereocenters. The van der Waals surface area contributed by atoms with Gasteiger partial charge in [-0.25, -0.2) is 33.2 Å². The predicted molar refractivity (Wildman–Crippen MR) is 105 cm³/mol. The number of aliphatic imine (C=N–C) groups is 4. The first-order chi connectivity index (χ1) is 13.9. The molecule has 30 heavy (non-hydrogen) atoms. The number of nitrogens with zero attached hydrogens (tertiary/aromatic N) is 4. The lowest BCUT2D eigenvalue weighted by Crippen LogP contribution is -2.53. The Bertz CT molecular complexity index is 900. The molecule has 2 aliphatic rings. The van der Waals surface area contributed by atoms with Crippen LogP contribution in [0, 0.1) is 0 Å². The Labute approximate surface area is 170 Å². The summed E-state index contributed by atoms with van der Waals surface area (Å²) in [7, 11) is -16.8. The fraction of sp³-hybridized carbons (Fsp3) is 0.636. The molecule has 7 N–H and O–H groups in total. The van der Waals surface area contributed by atoms with Crippen LogP contribution >= 0.6 is 23.5 Å². The quantitative estimate of drug-likeness (QED) is 0.156. The minimum absolute atomic E-state index is 0.138. The highest BCUT2D eigenvalue weighted by molar-refractivity contribution is 7.66. The summed E-state index contributed by atoms with van der Waals surface area (Å²) in [5.41, 5.74) is 3.22. The number of unbranched alkanes of at least 4 members (excludes halogenated alkanes) is 3. The van der Waals surface area contributed by atoms with E-state index >= 15 is 0 Å². The van der Waals surface area contributed by atoms with E-state index in [0.29, 0.717) is 13.0 Å². The topological polar surface area (TPSA) is 247 Å². The first-order valence-corrected chi connectivity index (χ1v) is 12.9. The van der Waals surface area contributed by atoms with Gasteiger partial charge in [-0.2, -0.15) is 8.62 Å². The van der Waals surface area contributed by atoms with Crippen LogP contribution in [-0.4, -0.2) is 62.7 Å². The fourth-order valence-corrected chi connectivity index (χ4v) is 5.56. The van der Waals surface area contributed by atoms with Crippen molar-refractivity contribution < 1.29 is 46.4 Å². The van der Waals surface area contributed by atoms with Gasteiger partial charge < -0.3 is 30.6 Å². The number of phosphoric acid groups is 3. The molecule has 0 bridgehead atoms. The molecule has 16 nitrogen and oxygen atoms in total. The van der Waals surface area contributed by atoms with Gasteiger partial charge in [-0.15, -0.1) is 0 Å². The van der Waals surface area contributed by atoms with Crippen molar-refractivity contribution in [3.05, 3.63) is 0 Å². The second-order valence-electron chi connectivity index (χ2n) is 5.86. The van der Waals surface area contributed by atoms with E-state index in [1.165, 1.54) is 6.34 Å². The van der Waals surface area contributed by atoms with Crippen LogP contribution in [0.15, 0.2) is 20.0 Å². The Balaban J connectivity index is 2.18. The van der Waals surface area contributed by atoms with Gasteiger partial charge in [0.2, 0.25) is 0 Å². The summed E-state index contributed by atoms with van der Waals surface area (Å²) < 4.78 is 47.0. The van der Waals surface area contributed by atoms with Crippen molar-refractivity contribution in [2.24, 2.45) is 25.7 Å². The molecule has 2 heterocycles. The molecule has 2 rings (SSSR count). The number of nitrogens with one attached hydrogen (secondary N) is 1. The lowest BCUT2D eigenvalue weighted by Gasteiger charge is -2.30. The summed E-state index contributed by atoms with van der Waals surface area (Å²) in [6, 6.07) is 0. The van der Waals surface area contributed by atoms with E-state index in [0.717, 1.165) is 25.6 Å². The minimum atomic E-state index is -5.70. The molecule has 2 aliphatic heterocycles. The van der Waals surface area contributed by atoms with Crippen LogP contribution in [0.3, 0.4) is 0 Å². The van der Waals surface area contributed by atoms with Gasteiger partial charge in [0.1, 0.15) is 6.34 Å². The molecular weight excluding hydrogens is 469 g/mol. The standard InChI is InChI=1S/C11H21N6O10P3/c12-5-3-1-2-4-6-13-9-11(10(15-7-14-9)16-8-17-11)25-29(21,22)27-30(23,24)26-28(18,19)20/h7-8H,1-6,12H2,(H,21,22)(H,23,24)(H2,18,19,20)(H,13,14,15,16,17). The lowest BCUT2D eigenvalue weighted by molar-refractivity contribution is 0.132. The summed E-state index contributed by atoms with van der Waals surface area (Å²) in [5.74, 6) is -0.338. The molecule has 19 heteroatoms. The van der Waals surface area contributed by atoms with E-state index in [1.54, 1.807) is 0 Å². The maximum atomic E-state index is 12.3. The zero-order chi connectivity index (χ0) is 22.5. The molecule has 0 aromatic rings. The average molecular weight is 490 g/mol. The SMILES string of the molecule is NCCCCCCN=C1N=CNC2=NC=NC12OP(=O)(O)OP(=O)(O)OP(=O)(O)O. The number of fused-ring (bicyclic) bond motifs is 1. The van der Waals surface area contributed by atoms with Gasteiger partial charge >= 0.3 is 23.5 Å². The van der Waals surface area contributed by atoms with Crippen molar-refractivity contribution in [3.8, 4) is 0 Å². The van der Waals surface area contributed by atoms with Crippen molar-refractivity contribution in [1.82, 2.24) is 5.32 Å². The van der Waals surface area contributed by atoms with Crippen molar-refractivity contribution in [1.29, 1.82) is 0 Å². The van der Waals surface area contributed by atoms with Crippen molar-refractivity contribution in [2.75, 3.05) is 13.1 Å². The zero-order valence-corrected chi connectivity index (χ0v) is 18.0. The maximum Gasteiger partial charge on any atom is 0.490 e. The van der Waals surface area contributed by atoms with Crippen LogP contribution in [0.5, 0.6) is 0 Å². The number of amidine groups is 2. The maximum absolute atomic E-state index is 12.3. The van der Waals surface area contributed by atoms with Gasteiger partial charge in [-0.1, -0.05) is 12.8 Å². The lowest BCUT2D eigenvalue weighted by atomic mass is 10.1. The average Bonchev–Trinajstić information content (AvgIpc) is 2.97. The zero-order valence-electron chi connectivity index (χ0n) is 15.3. The third-order valence-corrected chi connectivity index (χ3v) is 7.30. The molecular formula is C11H21N6O10P3. The summed E-state index contributed by atoms with van der Waals surface area (Å²) in [5, 5.41) is 2.53. The molecule has 0 saturated carbocycles. The van der Waals surface area contributed by atoms with Crippen LogP contribution in [0.1, 0.15) is 25.7 Å². The third-order valence-electron chi connectivity index (χ3n) is 3.48. The summed E-state index contributed by atoms with van der Waals surface area (Å²) in [6.45, 7) is 0.823. The molecule has 0 aromatic heterocycles. The summed E-state index contributed by atoms with van der Waals surface area (Å²) >= 11 is 0. The van der Waals surface area contributed by atoms with Crippen LogP contribution in [-0.2, 0) is 26.8 Å². The monoisotopic (exact) mass is 490 g/mol. The highest BCUT2D eigenvalue weighted by Crippen LogP contribution is 2.67. The highest BCUT2D eigenvalue weighted by atomic mass is 31.3. The summed E-state index contributed by atoms with van der Waals surface area (Å²) in [6.07, 6.45) is 5.37. The van der Waals surface area contributed by atoms with E-state index in [2.05, 4.69) is 33.9 Å². The first-order valence-electron chi connectivity index (χ1n) is 8.40. The Kier molecular flexibility index (Phi) is 8.36. The molecule has 3 atom stereocenters. The third kappa shape index (κ3) is 7.22. The smallest absolute Gasteiger partial charge is 0.330 e. The van der Waals surface area contributed by atoms with Gasteiger partial charge in [0.15, 0.2) is 11.7 Å². The molecule has 0 aromatic carbocycles. The largest absolute Gasteiger partial charge is 0.490 e. The van der Waals surface area contributed by atoms with Gasteiger partial charge in [-0.3, -0.25) is 4.99 Å². The summed E-state index contributed by atoms with van der Waals surface area (Å²) in [4.78, 5) is 52.2. The number of nitrogens with two attached hydrogens (primary N) is 1. The Morgan fingerprint density at radius 3 is 2.43 bits per heavy atom. The van der Waals surface area contributed by atoms with Gasteiger partial charge in [0, 0.05) is 6.54 Å². The number of hydrogen-bond donors (Lipinski definition) is 6. The van der Waals surface area contributed by atoms with Crippen LogP contribution in [0.4, 0.5) is 0 Å². The second kappa shape index (κ2) is 9.98. The van der Waals surface area contributed by atoms with E-state index in [9.17, 15) is 23.5 Å². The number of hydrogen-bond acceptors (Lipinski definition) is 11. The Morgan fingerprint density at radius 2 is 1.77 bits per heavy atom. The van der Waals surface area contributed by atoms with Crippen LogP contribution in [0.2, 0.25) is 0 Å². The van der Waals surface area contributed by atoms with Crippen LogP contribution in [0.25, 0.3) is 0 Å². The van der Waals surface area contributed by atoms with E-state index < -0.39 is 29.2 Å². The van der Waals surface area contributed by atoms with E-state index in [1.807, 2.05) is 0 Å². The van der Waals surface area contributed by atoms with E-state index in [4.69, 9.17) is 20.0 Å². The molecule has 0 fully saturated rings. The molecule has 0 aliphatic carbocycles. The first kappa shape index (κ1) is 25.1. The Hall–Kier alpha value is -1.15. The molecule has 0 amide bonds. The van der Waals surface area contributed by atoms with Crippen molar-refractivity contribution >= 4 is 47.8 Å². The van der Waals surface area contributed by atoms with Crippen LogP contribution < -0.4 is 11.1 Å². The molecule has 0 spiro atoms. The molecule has 170 valence electrons. The van der Waals surface area contributed by atoms with Crippen molar-refractivity contribution in [2.45, 2.75) is 31.4 Å².